The molecule has 1 saturated heterocycles. The molecule has 4 nitrogen and oxygen atoms in total. The molecule has 1 aromatic heterocycles. The van der Waals surface area contributed by atoms with Gasteiger partial charge >= 0.3 is 0 Å². The third kappa shape index (κ3) is 1.10. The summed E-state index contributed by atoms with van der Waals surface area (Å²) in [5.74, 6) is 0.587. The van der Waals surface area contributed by atoms with E-state index in [1.54, 1.807) is 0 Å². The number of rotatable bonds is 2. The van der Waals surface area contributed by atoms with Crippen LogP contribution in [0.5, 0.6) is 0 Å². The minimum atomic E-state index is -0.104. The van der Waals surface area contributed by atoms with Gasteiger partial charge in [-0.05, 0) is 25.8 Å². The highest BCUT2D eigenvalue weighted by atomic mass is 16.2. The van der Waals surface area contributed by atoms with Gasteiger partial charge in [0.25, 0.3) is 0 Å². The Morgan fingerprint density at radius 2 is 2.44 bits per heavy atom. The molecule has 0 bridgehead atoms. The van der Waals surface area contributed by atoms with Crippen LogP contribution in [0.25, 0.3) is 0 Å². The third-order valence-electron chi connectivity index (χ3n) is 4.24. The van der Waals surface area contributed by atoms with Gasteiger partial charge in [-0.2, -0.15) is 5.10 Å². The number of nitrogens with zero attached hydrogens (tertiary/aromatic N) is 2. The van der Waals surface area contributed by atoms with Crippen molar-refractivity contribution < 1.29 is 4.79 Å². The van der Waals surface area contributed by atoms with Gasteiger partial charge < -0.3 is 5.32 Å². The van der Waals surface area contributed by atoms with Gasteiger partial charge in [0.05, 0.1) is 5.41 Å². The van der Waals surface area contributed by atoms with E-state index in [1.807, 2.05) is 10.9 Å². The molecule has 0 aromatic carbocycles. The van der Waals surface area contributed by atoms with Gasteiger partial charge in [0.2, 0.25) is 5.91 Å². The number of amides is 1. The molecule has 2 fully saturated rings. The van der Waals surface area contributed by atoms with E-state index in [1.165, 1.54) is 12.1 Å². The molecule has 1 saturated carbocycles. The van der Waals surface area contributed by atoms with Crippen LogP contribution in [-0.2, 0) is 11.3 Å². The van der Waals surface area contributed by atoms with Crippen molar-refractivity contribution in [3.05, 3.63) is 18.0 Å². The standard InChI is InChI=1S/C12H17N3O/c1-2-15-10(4-7-14-15)9-8-13-11(16)12(9)5-3-6-12/h4,7,9H,2-3,5-6,8H2,1H3,(H,13,16). The summed E-state index contributed by atoms with van der Waals surface area (Å²) in [6.45, 7) is 3.75. The molecule has 86 valence electrons. The number of hydrogen-bond donors (Lipinski definition) is 1. The number of carbonyl (C=O) groups excluding carboxylic acids is 1. The monoisotopic (exact) mass is 219 g/mol. The maximum Gasteiger partial charge on any atom is 0.226 e. The van der Waals surface area contributed by atoms with E-state index in [0.29, 0.717) is 5.92 Å². The van der Waals surface area contributed by atoms with Crippen LogP contribution in [0, 0.1) is 5.41 Å². The minimum Gasteiger partial charge on any atom is -0.355 e. The Hall–Kier alpha value is -1.32. The lowest BCUT2D eigenvalue weighted by molar-refractivity contribution is -0.132. The van der Waals surface area contributed by atoms with Crippen molar-refractivity contribution in [2.45, 2.75) is 38.6 Å². The molecule has 1 atom stereocenters. The van der Waals surface area contributed by atoms with E-state index in [-0.39, 0.29) is 11.3 Å². The Bertz CT molecular complexity index is 420. The fourth-order valence-corrected chi connectivity index (χ4v) is 3.15. The van der Waals surface area contributed by atoms with Gasteiger partial charge in [0, 0.05) is 30.9 Å². The quantitative estimate of drug-likeness (QED) is 0.814. The zero-order valence-corrected chi connectivity index (χ0v) is 9.57. The van der Waals surface area contributed by atoms with Crippen LogP contribution in [-0.4, -0.2) is 22.2 Å². The first-order valence-electron chi connectivity index (χ1n) is 6.08. The van der Waals surface area contributed by atoms with Crippen LogP contribution in [0.2, 0.25) is 0 Å². The number of carbonyl (C=O) groups is 1. The van der Waals surface area contributed by atoms with E-state index < -0.39 is 0 Å². The second-order valence-corrected chi connectivity index (χ2v) is 4.84. The van der Waals surface area contributed by atoms with Crippen LogP contribution in [0.4, 0.5) is 0 Å². The largest absolute Gasteiger partial charge is 0.355 e. The second kappa shape index (κ2) is 3.34. The summed E-state index contributed by atoms with van der Waals surface area (Å²) in [6.07, 6.45) is 5.11. The summed E-state index contributed by atoms with van der Waals surface area (Å²) in [5, 5.41) is 7.33. The Morgan fingerprint density at radius 1 is 1.62 bits per heavy atom. The second-order valence-electron chi connectivity index (χ2n) is 4.84. The van der Waals surface area contributed by atoms with Crippen LogP contribution in [0.1, 0.15) is 37.8 Å². The molecule has 1 aliphatic carbocycles. The van der Waals surface area contributed by atoms with Crippen LogP contribution in [0.3, 0.4) is 0 Å². The average molecular weight is 219 g/mol. The lowest BCUT2D eigenvalue weighted by atomic mass is 9.61. The molecule has 1 amide bonds. The Labute approximate surface area is 95.0 Å². The van der Waals surface area contributed by atoms with Crippen LogP contribution in [0.15, 0.2) is 12.3 Å². The predicted molar refractivity (Wildman–Crippen MR) is 59.9 cm³/mol. The molecular formula is C12H17N3O. The molecule has 1 spiro atoms. The molecule has 2 heterocycles. The van der Waals surface area contributed by atoms with Gasteiger partial charge in [-0.1, -0.05) is 6.42 Å². The van der Waals surface area contributed by atoms with Crippen molar-refractivity contribution in [2.24, 2.45) is 5.41 Å². The number of nitrogens with one attached hydrogen (secondary N) is 1. The molecular weight excluding hydrogens is 202 g/mol. The predicted octanol–water partition coefficient (Wildman–Crippen LogP) is 1.29. The van der Waals surface area contributed by atoms with E-state index in [9.17, 15) is 4.79 Å². The van der Waals surface area contributed by atoms with Crippen molar-refractivity contribution in [3.63, 3.8) is 0 Å². The van der Waals surface area contributed by atoms with Crippen molar-refractivity contribution in [2.75, 3.05) is 6.54 Å². The molecule has 4 heteroatoms. The fourth-order valence-electron chi connectivity index (χ4n) is 3.15. The average Bonchev–Trinajstić information content (AvgIpc) is 2.79. The maximum absolute atomic E-state index is 11.9. The first kappa shape index (κ1) is 9.87. The molecule has 1 N–H and O–H groups in total. The van der Waals surface area contributed by atoms with Crippen molar-refractivity contribution >= 4 is 5.91 Å². The zero-order valence-electron chi connectivity index (χ0n) is 9.57. The summed E-state index contributed by atoms with van der Waals surface area (Å²) >= 11 is 0. The normalized spacial score (nSPS) is 26.8. The highest BCUT2D eigenvalue weighted by Crippen LogP contribution is 2.53. The number of aryl methyl sites for hydroxylation is 1. The maximum atomic E-state index is 11.9. The topological polar surface area (TPSA) is 46.9 Å². The zero-order chi connectivity index (χ0) is 11.2. The highest BCUT2D eigenvalue weighted by molar-refractivity contribution is 5.87. The van der Waals surface area contributed by atoms with Gasteiger partial charge in [-0.15, -0.1) is 0 Å². The third-order valence-corrected chi connectivity index (χ3v) is 4.24. The minimum absolute atomic E-state index is 0.104. The van der Waals surface area contributed by atoms with Gasteiger partial charge in [0.1, 0.15) is 0 Å². The van der Waals surface area contributed by atoms with Crippen molar-refractivity contribution in [3.8, 4) is 0 Å². The van der Waals surface area contributed by atoms with Crippen molar-refractivity contribution in [1.82, 2.24) is 15.1 Å². The SMILES string of the molecule is CCn1nccc1C1CNC(=O)C12CCC2. The smallest absolute Gasteiger partial charge is 0.226 e. The molecule has 2 aliphatic rings. The highest BCUT2D eigenvalue weighted by Gasteiger charge is 2.55. The Balaban J connectivity index is 1.98. The van der Waals surface area contributed by atoms with Crippen LogP contribution < -0.4 is 5.32 Å². The first-order chi connectivity index (χ1) is 7.78. The van der Waals surface area contributed by atoms with Crippen molar-refractivity contribution in [1.29, 1.82) is 0 Å². The fraction of sp³-hybridized carbons (Fsp3) is 0.667. The molecule has 1 aromatic rings. The number of aromatic nitrogens is 2. The molecule has 1 unspecified atom stereocenters. The van der Waals surface area contributed by atoms with E-state index in [4.69, 9.17) is 0 Å². The summed E-state index contributed by atoms with van der Waals surface area (Å²) in [4.78, 5) is 11.9. The number of hydrogen-bond acceptors (Lipinski definition) is 2. The van der Waals surface area contributed by atoms with Crippen LogP contribution >= 0.6 is 0 Å². The molecule has 1 aliphatic heterocycles. The first-order valence-corrected chi connectivity index (χ1v) is 6.08. The lowest BCUT2D eigenvalue weighted by Gasteiger charge is -2.40. The lowest BCUT2D eigenvalue weighted by Crippen LogP contribution is -2.41. The summed E-state index contributed by atoms with van der Waals surface area (Å²) < 4.78 is 2.02. The molecule has 3 rings (SSSR count). The van der Waals surface area contributed by atoms with E-state index >= 15 is 0 Å². The van der Waals surface area contributed by atoms with E-state index in [0.717, 1.165) is 25.9 Å². The summed E-state index contributed by atoms with van der Waals surface area (Å²) in [5.41, 5.74) is 1.12. The van der Waals surface area contributed by atoms with Gasteiger partial charge in [-0.3, -0.25) is 9.48 Å². The molecule has 0 radical (unpaired) electrons. The van der Waals surface area contributed by atoms with Gasteiger partial charge in [0.15, 0.2) is 0 Å². The Kier molecular flexibility index (Phi) is 2.06. The molecule has 16 heavy (non-hydrogen) atoms. The summed E-state index contributed by atoms with van der Waals surface area (Å²) in [7, 11) is 0. The van der Waals surface area contributed by atoms with E-state index in [2.05, 4.69) is 23.4 Å². The van der Waals surface area contributed by atoms with Gasteiger partial charge in [-0.25, -0.2) is 0 Å². The Morgan fingerprint density at radius 3 is 3.06 bits per heavy atom. The summed E-state index contributed by atoms with van der Waals surface area (Å²) in [6, 6.07) is 2.06.